The van der Waals surface area contributed by atoms with Crippen LogP contribution in [0.25, 0.3) is 5.69 Å². The highest BCUT2D eigenvalue weighted by atomic mass is 16.4. The summed E-state index contributed by atoms with van der Waals surface area (Å²) < 4.78 is 1.83. The molecule has 1 aromatic heterocycles. The van der Waals surface area contributed by atoms with Gasteiger partial charge in [0.25, 0.3) is 5.91 Å². The van der Waals surface area contributed by atoms with Gasteiger partial charge in [-0.05, 0) is 50.7 Å². The molecule has 0 spiro atoms. The van der Waals surface area contributed by atoms with Crippen LogP contribution in [0.1, 0.15) is 54.0 Å². The standard InChI is InChI=1S/C20H25N3O3/c1-12(2)11-16(20(25)26)21-19(24)18-15-5-4-6-17(15)23(22-18)14-9-7-13(3)8-10-14/h7-10,12,16H,4-6,11H2,1-3H3,(H,21,24)(H,25,26)/t16-/m0/s1. The number of aliphatic carboxylic acids is 1. The summed E-state index contributed by atoms with van der Waals surface area (Å²) in [6.45, 7) is 5.90. The van der Waals surface area contributed by atoms with Crippen molar-refractivity contribution in [1.29, 1.82) is 0 Å². The molecule has 6 heteroatoms. The van der Waals surface area contributed by atoms with Crippen LogP contribution in [0, 0.1) is 12.8 Å². The summed E-state index contributed by atoms with van der Waals surface area (Å²) in [5.41, 5.74) is 4.43. The molecule has 0 saturated carbocycles. The van der Waals surface area contributed by atoms with Gasteiger partial charge in [-0.1, -0.05) is 31.5 Å². The molecule has 0 bridgehead atoms. The van der Waals surface area contributed by atoms with Crippen molar-refractivity contribution in [3.63, 3.8) is 0 Å². The van der Waals surface area contributed by atoms with Gasteiger partial charge < -0.3 is 10.4 Å². The Labute approximate surface area is 153 Å². The van der Waals surface area contributed by atoms with Gasteiger partial charge in [0.2, 0.25) is 0 Å². The van der Waals surface area contributed by atoms with E-state index in [4.69, 9.17) is 0 Å². The van der Waals surface area contributed by atoms with Crippen molar-refractivity contribution in [2.24, 2.45) is 5.92 Å². The Bertz CT molecular complexity index is 822. The molecule has 2 N–H and O–H groups in total. The number of nitrogens with zero attached hydrogens (tertiary/aromatic N) is 2. The summed E-state index contributed by atoms with van der Waals surface area (Å²) >= 11 is 0. The molecule has 0 unspecified atom stereocenters. The third-order valence-electron chi connectivity index (χ3n) is 4.73. The third kappa shape index (κ3) is 3.64. The number of nitrogens with one attached hydrogen (secondary N) is 1. The highest BCUT2D eigenvalue weighted by Crippen LogP contribution is 2.28. The maximum Gasteiger partial charge on any atom is 0.326 e. The summed E-state index contributed by atoms with van der Waals surface area (Å²) in [5.74, 6) is -1.24. The molecule has 0 fully saturated rings. The lowest BCUT2D eigenvalue weighted by atomic mass is 10.0. The lowest BCUT2D eigenvalue weighted by Gasteiger charge is -2.16. The zero-order valence-corrected chi connectivity index (χ0v) is 15.5. The van der Waals surface area contributed by atoms with E-state index in [0.717, 1.165) is 41.8 Å². The maximum absolute atomic E-state index is 12.7. The average Bonchev–Trinajstić information content (AvgIpc) is 3.16. The van der Waals surface area contributed by atoms with E-state index >= 15 is 0 Å². The fourth-order valence-corrected chi connectivity index (χ4v) is 3.44. The molecule has 26 heavy (non-hydrogen) atoms. The molecular weight excluding hydrogens is 330 g/mol. The molecule has 1 aliphatic carbocycles. The Kier molecular flexibility index (Phi) is 5.11. The summed E-state index contributed by atoms with van der Waals surface area (Å²) in [7, 11) is 0. The first-order valence-electron chi connectivity index (χ1n) is 9.08. The number of aryl methyl sites for hydroxylation is 1. The molecule has 1 heterocycles. The van der Waals surface area contributed by atoms with Gasteiger partial charge in [-0.2, -0.15) is 5.10 Å². The quantitative estimate of drug-likeness (QED) is 0.834. The fourth-order valence-electron chi connectivity index (χ4n) is 3.44. The highest BCUT2D eigenvalue weighted by Gasteiger charge is 2.29. The van der Waals surface area contributed by atoms with Crippen LogP contribution in [-0.2, 0) is 17.6 Å². The van der Waals surface area contributed by atoms with E-state index in [1.165, 1.54) is 0 Å². The molecular formula is C20H25N3O3. The Morgan fingerprint density at radius 1 is 1.23 bits per heavy atom. The Balaban J connectivity index is 1.91. The number of rotatable bonds is 6. The van der Waals surface area contributed by atoms with Crippen molar-refractivity contribution in [2.45, 2.75) is 52.5 Å². The van der Waals surface area contributed by atoms with Crippen LogP contribution in [0.3, 0.4) is 0 Å². The van der Waals surface area contributed by atoms with Crippen LogP contribution in [0.5, 0.6) is 0 Å². The van der Waals surface area contributed by atoms with Gasteiger partial charge >= 0.3 is 5.97 Å². The molecule has 1 amide bonds. The lowest BCUT2D eigenvalue weighted by molar-refractivity contribution is -0.139. The first-order valence-corrected chi connectivity index (χ1v) is 9.08. The van der Waals surface area contributed by atoms with Crippen molar-refractivity contribution in [2.75, 3.05) is 0 Å². The number of aromatic nitrogens is 2. The van der Waals surface area contributed by atoms with E-state index in [0.29, 0.717) is 12.1 Å². The number of carbonyl (C=O) groups is 2. The maximum atomic E-state index is 12.7. The molecule has 1 aromatic carbocycles. The number of amides is 1. The number of fused-ring (bicyclic) bond motifs is 1. The fraction of sp³-hybridized carbons (Fsp3) is 0.450. The number of carbonyl (C=O) groups excluding carboxylic acids is 1. The van der Waals surface area contributed by atoms with Gasteiger partial charge in [0.15, 0.2) is 5.69 Å². The monoisotopic (exact) mass is 355 g/mol. The van der Waals surface area contributed by atoms with Gasteiger partial charge in [0.1, 0.15) is 6.04 Å². The van der Waals surface area contributed by atoms with Crippen molar-refractivity contribution in [3.05, 3.63) is 46.8 Å². The first-order chi connectivity index (χ1) is 12.4. The Morgan fingerprint density at radius 3 is 2.54 bits per heavy atom. The summed E-state index contributed by atoms with van der Waals surface area (Å²) in [4.78, 5) is 24.2. The predicted molar refractivity (Wildman–Crippen MR) is 98.7 cm³/mol. The zero-order valence-electron chi connectivity index (χ0n) is 15.5. The van der Waals surface area contributed by atoms with Crippen molar-refractivity contribution in [1.82, 2.24) is 15.1 Å². The third-order valence-corrected chi connectivity index (χ3v) is 4.73. The van der Waals surface area contributed by atoms with Gasteiger partial charge in [-0.3, -0.25) is 4.79 Å². The molecule has 2 aromatic rings. The van der Waals surface area contributed by atoms with Crippen LogP contribution in [0.2, 0.25) is 0 Å². The molecule has 1 atom stereocenters. The van der Waals surface area contributed by atoms with Crippen LogP contribution in [-0.4, -0.2) is 32.8 Å². The summed E-state index contributed by atoms with van der Waals surface area (Å²) in [6.07, 6.45) is 3.04. The van der Waals surface area contributed by atoms with E-state index in [2.05, 4.69) is 10.4 Å². The van der Waals surface area contributed by atoms with Gasteiger partial charge in [0, 0.05) is 11.3 Å². The Hall–Kier alpha value is -2.63. The number of hydrogen-bond donors (Lipinski definition) is 2. The molecule has 138 valence electrons. The van der Waals surface area contributed by atoms with E-state index in [1.54, 1.807) is 0 Å². The molecule has 1 aliphatic rings. The van der Waals surface area contributed by atoms with Gasteiger partial charge in [-0.15, -0.1) is 0 Å². The average molecular weight is 355 g/mol. The second-order valence-electron chi connectivity index (χ2n) is 7.37. The van der Waals surface area contributed by atoms with Crippen LogP contribution >= 0.6 is 0 Å². The van der Waals surface area contributed by atoms with Crippen molar-refractivity contribution < 1.29 is 14.7 Å². The largest absolute Gasteiger partial charge is 0.480 e. The highest BCUT2D eigenvalue weighted by molar-refractivity contribution is 5.96. The lowest BCUT2D eigenvalue weighted by Crippen LogP contribution is -2.42. The van der Waals surface area contributed by atoms with E-state index in [9.17, 15) is 14.7 Å². The van der Waals surface area contributed by atoms with Crippen LogP contribution in [0.15, 0.2) is 24.3 Å². The van der Waals surface area contributed by atoms with Gasteiger partial charge in [-0.25, -0.2) is 9.48 Å². The number of carboxylic acid groups (broad SMARTS) is 1. The molecule has 0 radical (unpaired) electrons. The first kappa shape index (κ1) is 18.2. The minimum absolute atomic E-state index is 0.173. The van der Waals surface area contributed by atoms with E-state index in [-0.39, 0.29) is 5.92 Å². The normalized spacial score (nSPS) is 14.3. The number of benzene rings is 1. The minimum Gasteiger partial charge on any atom is -0.480 e. The molecule has 0 saturated heterocycles. The second-order valence-corrected chi connectivity index (χ2v) is 7.37. The smallest absolute Gasteiger partial charge is 0.326 e. The summed E-state index contributed by atoms with van der Waals surface area (Å²) in [5, 5.41) is 16.6. The van der Waals surface area contributed by atoms with Crippen LogP contribution in [0.4, 0.5) is 0 Å². The number of carboxylic acids is 1. The molecule has 0 aliphatic heterocycles. The summed E-state index contributed by atoms with van der Waals surface area (Å²) in [6, 6.07) is 7.11. The van der Waals surface area contributed by atoms with E-state index in [1.807, 2.05) is 49.7 Å². The van der Waals surface area contributed by atoms with Crippen molar-refractivity contribution >= 4 is 11.9 Å². The molecule has 6 nitrogen and oxygen atoms in total. The predicted octanol–water partition coefficient (Wildman–Crippen LogP) is 2.90. The minimum atomic E-state index is -1.01. The van der Waals surface area contributed by atoms with Gasteiger partial charge in [0.05, 0.1) is 5.69 Å². The zero-order chi connectivity index (χ0) is 18.8. The van der Waals surface area contributed by atoms with E-state index < -0.39 is 17.9 Å². The topological polar surface area (TPSA) is 84.2 Å². The van der Waals surface area contributed by atoms with Crippen LogP contribution < -0.4 is 5.32 Å². The second kappa shape index (κ2) is 7.32. The Morgan fingerprint density at radius 2 is 1.92 bits per heavy atom. The van der Waals surface area contributed by atoms with Crippen molar-refractivity contribution in [3.8, 4) is 5.69 Å². The molecule has 3 rings (SSSR count). The number of hydrogen-bond acceptors (Lipinski definition) is 3. The SMILES string of the molecule is Cc1ccc(-n2nc(C(=O)N[C@@H](CC(C)C)C(=O)O)c3c2CCC3)cc1.